The Morgan fingerprint density at radius 1 is 1.17 bits per heavy atom. The first-order valence-electron chi connectivity index (χ1n) is 8.95. The number of esters is 1. The van der Waals surface area contributed by atoms with Crippen molar-refractivity contribution < 1.29 is 23.9 Å². The van der Waals surface area contributed by atoms with E-state index >= 15 is 0 Å². The molecule has 2 amide bonds. The molecule has 3 rings (SSSR count). The lowest BCUT2D eigenvalue weighted by Gasteiger charge is -2.12. The Labute approximate surface area is 187 Å². The number of carbonyl (C=O) groups is 3. The highest BCUT2D eigenvalue weighted by Crippen LogP contribution is 2.34. The predicted molar refractivity (Wildman–Crippen MR) is 117 cm³/mol. The molecule has 6 nitrogen and oxygen atoms in total. The molecule has 1 fully saturated rings. The van der Waals surface area contributed by atoms with Gasteiger partial charge in [-0.2, -0.15) is 0 Å². The van der Waals surface area contributed by atoms with Gasteiger partial charge in [-0.05, 0) is 43.0 Å². The zero-order chi connectivity index (χ0) is 21.7. The van der Waals surface area contributed by atoms with E-state index in [0.717, 1.165) is 22.2 Å². The molecule has 0 bridgehead atoms. The van der Waals surface area contributed by atoms with E-state index in [1.807, 2.05) is 0 Å². The Morgan fingerprint density at radius 3 is 2.67 bits per heavy atom. The summed E-state index contributed by atoms with van der Waals surface area (Å²) >= 11 is 12.9. The molecule has 30 heavy (non-hydrogen) atoms. The Hall–Kier alpha value is -2.48. The third kappa shape index (κ3) is 5.36. The van der Waals surface area contributed by atoms with Crippen molar-refractivity contribution in [3.63, 3.8) is 0 Å². The van der Waals surface area contributed by atoms with Crippen molar-refractivity contribution in [3.05, 3.63) is 68.5 Å². The first kappa shape index (κ1) is 22.2. The molecule has 2 aromatic carbocycles. The van der Waals surface area contributed by atoms with E-state index in [9.17, 15) is 14.4 Å². The largest absolute Gasteiger partial charge is 0.488 e. The number of hydrogen-bond donors (Lipinski definition) is 0. The highest BCUT2D eigenvalue weighted by Gasteiger charge is 2.36. The summed E-state index contributed by atoms with van der Waals surface area (Å²) < 4.78 is 10.7. The molecule has 1 aliphatic heterocycles. The van der Waals surface area contributed by atoms with Crippen LogP contribution in [0.2, 0.25) is 10.0 Å². The summed E-state index contributed by atoms with van der Waals surface area (Å²) in [6.45, 7) is 1.61. The number of nitrogens with zero attached hydrogens (tertiary/aromatic N) is 1. The van der Waals surface area contributed by atoms with Crippen molar-refractivity contribution in [1.82, 2.24) is 4.90 Å². The summed E-state index contributed by atoms with van der Waals surface area (Å²) in [5.74, 6) is -0.668. The van der Waals surface area contributed by atoms with Gasteiger partial charge in [0.25, 0.3) is 11.1 Å². The molecule has 0 saturated carbocycles. The minimum Gasteiger partial charge on any atom is -0.488 e. The van der Waals surface area contributed by atoms with Gasteiger partial charge in [0, 0.05) is 21.2 Å². The zero-order valence-electron chi connectivity index (χ0n) is 15.9. The lowest BCUT2D eigenvalue weighted by Crippen LogP contribution is -2.34. The predicted octanol–water partition coefficient (Wildman–Crippen LogP) is 5.17. The van der Waals surface area contributed by atoms with Crippen LogP contribution in [0.1, 0.15) is 18.1 Å². The molecule has 0 radical (unpaired) electrons. The number of imide groups is 1. The molecular weight excluding hydrogens is 449 g/mol. The lowest BCUT2D eigenvalue weighted by molar-refractivity contribution is -0.145. The number of ether oxygens (including phenoxy) is 2. The number of thioether (sulfide) groups is 1. The van der Waals surface area contributed by atoms with Gasteiger partial charge < -0.3 is 9.47 Å². The Balaban J connectivity index is 1.77. The molecule has 2 aromatic rings. The van der Waals surface area contributed by atoms with Gasteiger partial charge in [-0.3, -0.25) is 19.3 Å². The number of rotatable bonds is 7. The third-order valence-corrected chi connectivity index (χ3v) is 5.56. The average Bonchev–Trinajstić information content (AvgIpc) is 2.96. The van der Waals surface area contributed by atoms with E-state index in [-0.39, 0.29) is 18.1 Å². The average molecular weight is 466 g/mol. The Bertz CT molecular complexity index is 1020. The van der Waals surface area contributed by atoms with Crippen LogP contribution in [0.15, 0.2) is 47.4 Å². The Kier molecular flexibility index (Phi) is 7.42. The molecule has 0 spiro atoms. The fraction of sp³-hybridized carbons (Fsp3) is 0.190. The third-order valence-electron chi connectivity index (χ3n) is 4.07. The number of para-hydroxylation sites is 1. The second-order valence-electron chi connectivity index (χ2n) is 6.14. The topological polar surface area (TPSA) is 72.9 Å². The maximum Gasteiger partial charge on any atom is 0.326 e. The maximum atomic E-state index is 12.6. The molecule has 1 heterocycles. The smallest absolute Gasteiger partial charge is 0.326 e. The van der Waals surface area contributed by atoms with E-state index in [4.69, 9.17) is 32.7 Å². The maximum absolute atomic E-state index is 12.6. The number of halogens is 2. The highest BCUT2D eigenvalue weighted by molar-refractivity contribution is 8.18. The van der Waals surface area contributed by atoms with E-state index in [1.54, 1.807) is 55.5 Å². The molecule has 1 saturated heterocycles. The molecule has 1 aliphatic rings. The second-order valence-corrected chi connectivity index (χ2v) is 7.97. The Morgan fingerprint density at radius 2 is 1.93 bits per heavy atom. The van der Waals surface area contributed by atoms with Crippen molar-refractivity contribution in [2.45, 2.75) is 13.5 Å². The number of amides is 2. The van der Waals surface area contributed by atoms with Crippen LogP contribution in [0.25, 0.3) is 6.08 Å². The quantitative estimate of drug-likeness (QED) is 0.414. The molecule has 0 N–H and O–H groups in total. The van der Waals surface area contributed by atoms with E-state index in [1.165, 1.54) is 0 Å². The van der Waals surface area contributed by atoms with Gasteiger partial charge in [-0.25, -0.2) is 0 Å². The SMILES string of the molecule is CCOC(=O)CN1C(=O)S/C(=C/c2ccccc2OCc2ccc(Cl)cc2Cl)C1=O. The van der Waals surface area contributed by atoms with Crippen LogP contribution in [0.5, 0.6) is 5.75 Å². The van der Waals surface area contributed by atoms with Crippen LogP contribution in [0, 0.1) is 0 Å². The van der Waals surface area contributed by atoms with Crippen LogP contribution in [-0.4, -0.2) is 35.2 Å². The van der Waals surface area contributed by atoms with Crippen LogP contribution < -0.4 is 4.74 Å². The van der Waals surface area contributed by atoms with Crippen LogP contribution in [-0.2, 0) is 20.9 Å². The molecule has 0 aliphatic carbocycles. The summed E-state index contributed by atoms with van der Waals surface area (Å²) in [5.41, 5.74) is 1.37. The van der Waals surface area contributed by atoms with Crippen LogP contribution in [0.3, 0.4) is 0 Å². The molecule has 9 heteroatoms. The van der Waals surface area contributed by atoms with E-state index in [0.29, 0.717) is 21.4 Å². The standard InChI is InChI=1S/C21H17Cl2NO5S/c1-2-28-19(25)11-24-20(26)18(30-21(24)27)9-13-5-3-4-6-17(13)29-12-14-7-8-15(22)10-16(14)23/h3-10H,2,11-12H2,1H3/b18-9+. The zero-order valence-corrected chi connectivity index (χ0v) is 18.2. The lowest BCUT2D eigenvalue weighted by atomic mass is 10.1. The van der Waals surface area contributed by atoms with Crippen LogP contribution >= 0.6 is 35.0 Å². The van der Waals surface area contributed by atoms with Gasteiger partial charge >= 0.3 is 5.97 Å². The number of hydrogen-bond acceptors (Lipinski definition) is 6. The fourth-order valence-corrected chi connectivity index (χ4v) is 3.93. The fourth-order valence-electron chi connectivity index (χ4n) is 2.64. The minimum atomic E-state index is -0.635. The van der Waals surface area contributed by atoms with Crippen molar-refractivity contribution in [1.29, 1.82) is 0 Å². The first-order chi connectivity index (χ1) is 14.4. The first-order valence-corrected chi connectivity index (χ1v) is 10.5. The number of carbonyl (C=O) groups excluding carboxylic acids is 3. The van der Waals surface area contributed by atoms with E-state index < -0.39 is 23.7 Å². The van der Waals surface area contributed by atoms with Gasteiger partial charge in [0.2, 0.25) is 0 Å². The van der Waals surface area contributed by atoms with Gasteiger partial charge in [0.05, 0.1) is 11.5 Å². The van der Waals surface area contributed by atoms with Gasteiger partial charge in [0.15, 0.2) is 0 Å². The van der Waals surface area contributed by atoms with Gasteiger partial charge in [-0.1, -0.05) is 47.5 Å². The molecular formula is C21H17Cl2NO5S. The van der Waals surface area contributed by atoms with Crippen molar-refractivity contribution >= 4 is 58.2 Å². The minimum absolute atomic E-state index is 0.174. The summed E-state index contributed by atoms with van der Waals surface area (Å²) in [4.78, 5) is 37.4. The highest BCUT2D eigenvalue weighted by atomic mass is 35.5. The van der Waals surface area contributed by atoms with Crippen molar-refractivity contribution in [2.75, 3.05) is 13.2 Å². The normalized spacial score (nSPS) is 15.0. The van der Waals surface area contributed by atoms with Crippen LogP contribution in [0.4, 0.5) is 4.79 Å². The summed E-state index contributed by atoms with van der Waals surface area (Å²) in [5, 5.41) is 0.494. The molecule has 0 aromatic heterocycles. The van der Waals surface area contributed by atoms with Crippen molar-refractivity contribution in [3.8, 4) is 5.75 Å². The van der Waals surface area contributed by atoms with Gasteiger partial charge in [0.1, 0.15) is 18.9 Å². The second kappa shape index (κ2) is 10.0. The molecule has 156 valence electrons. The molecule has 0 atom stereocenters. The summed E-state index contributed by atoms with van der Waals surface area (Å²) in [6, 6.07) is 12.2. The monoisotopic (exact) mass is 465 g/mol. The number of benzene rings is 2. The van der Waals surface area contributed by atoms with E-state index in [2.05, 4.69) is 0 Å². The summed E-state index contributed by atoms with van der Waals surface area (Å²) in [7, 11) is 0. The van der Waals surface area contributed by atoms with Gasteiger partial charge in [-0.15, -0.1) is 0 Å². The molecule has 0 unspecified atom stereocenters. The summed E-state index contributed by atoms with van der Waals surface area (Å²) in [6.07, 6.45) is 1.56. The van der Waals surface area contributed by atoms with Crippen molar-refractivity contribution in [2.24, 2.45) is 0 Å².